The Labute approximate surface area is 184 Å². The second-order valence-corrected chi connectivity index (χ2v) is 7.01. The Morgan fingerprint density at radius 3 is 2.22 bits per heavy atom. The Kier molecular flexibility index (Phi) is 5.59. The molecule has 0 spiro atoms. The molecule has 0 aliphatic carbocycles. The Morgan fingerprint density at radius 1 is 0.875 bits per heavy atom. The normalized spacial score (nSPS) is 13.6. The van der Waals surface area contributed by atoms with Crippen molar-refractivity contribution in [1.82, 2.24) is 0 Å². The fraction of sp³-hybridized carbons (Fsp3) is 0.0417. The first kappa shape index (κ1) is 20.7. The van der Waals surface area contributed by atoms with E-state index in [1.165, 1.54) is 7.11 Å². The van der Waals surface area contributed by atoms with E-state index in [0.29, 0.717) is 39.5 Å². The highest BCUT2D eigenvalue weighted by atomic mass is 16.5. The third-order valence-electron chi connectivity index (χ3n) is 4.92. The van der Waals surface area contributed by atoms with E-state index >= 15 is 0 Å². The fourth-order valence-corrected chi connectivity index (χ4v) is 3.48. The number of methoxy groups -OCH3 is 1. The van der Waals surface area contributed by atoms with Crippen LogP contribution < -0.4 is 21.7 Å². The number of nitrogens with two attached hydrogens (primary N) is 1. The van der Waals surface area contributed by atoms with E-state index in [1.54, 1.807) is 42.5 Å². The number of carbonyl (C=O) groups excluding carboxylic acids is 3. The number of benzene rings is 3. The van der Waals surface area contributed by atoms with E-state index < -0.39 is 12.0 Å². The Morgan fingerprint density at radius 2 is 1.56 bits per heavy atom. The zero-order valence-corrected chi connectivity index (χ0v) is 17.1. The van der Waals surface area contributed by atoms with Gasteiger partial charge in [-0.25, -0.2) is 9.59 Å². The van der Waals surface area contributed by atoms with Crippen molar-refractivity contribution < 1.29 is 19.1 Å². The molecule has 32 heavy (non-hydrogen) atoms. The minimum atomic E-state index is -0.688. The summed E-state index contributed by atoms with van der Waals surface area (Å²) in [4.78, 5) is 35.8. The average molecular weight is 428 g/mol. The zero-order valence-electron chi connectivity index (χ0n) is 17.1. The van der Waals surface area contributed by atoms with E-state index in [9.17, 15) is 14.4 Å². The first-order valence-electron chi connectivity index (χ1n) is 9.73. The summed E-state index contributed by atoms with van der Waals surface area (Å²) in [6.07, 6.45) is 0. The van der Waals surface area contributed by atoms with Crippen LogP contribution in [-0.2, 0) is 9.53 Å². The third kappa shape index (κ3) is 4.15. The van der Waals surface area contributed by atoms with Crippen molar-refractivity contribution in [3.8, 4) is 0 Å². The Balaban J connectivity index is 1.79. The van der Waals surface area contributed by atoms with E-state index in [0.717, 1.165) is 5.56 Å². The van der Waals surface area contributed by atoms with Gasteiger partial charge in [-0.05, 0) is 48.0 Å². The molecule has 0 saturated heterocycles. The van der Waals surface area contributed by atoms with Gasteiger partial charge < -0.3 is 26.4 Å². The van der Waals surface area contributed by atoms with Crippen LogP contribution in [0.4, 0.5) is 21.9 Å². The molecule has 1 heterocycles. The number of primary amides is 1. The highest BCUT2D eigenvalue weighted by molar-refractivity contribution is 6.37. The third-order valence-corrected chi connectivity index (χ3v) is 4.92. The summed E-state index contributed by atoms with van der Waals surface area (Å²) in [5, 5.41) is 8.66. The van der Waals surface area contributed by atoms with Gasteiger partial charge in [0.15, 0.2) is 0 Å². The number of nitrogens with one attached hydrogen (secondary N) is 3. The molecule has 0 radical (unpaired) electrons. The molecule has 8 nitrogen and oxygen atoms in total. The molecular formula is C24H20N4O4. The number of fused-ring (bicyclic) bond motifs is 1. The van der Waals surface area contributed by atoms with Gasteiger partial charge in [0.05, 0.1) is 29.6 Å². The minimum absolute atomic E-state index is 0.284. The number of ether oxygens (including phenoxy) is 1. The lowest BCUT2D eigenvalue weighted by molar-refractivity contribution is -0.110. The standard InChI is InChI=1S/C24H20N4O4/c1-32-23(30)15-7-9-16(10-8-15)26-21(14-5-3-2-4-6-14)20-18-12-11-17(27-24(25)31)13-19(18)28-22(20)29/h2-13,26H,1H3,(H,28,29)(H3,25,27,31). The number of hydrogen-bond acceptors (Lipinski definition) is 5. The summed E-state index contributed by atoms with van der Waals surface area (Å²) >= 11 is 0. The second kappa shape index (κ2) is 8.65. The average Bonchev–Trinajstić information content (AvgIpc) is 3.12. The van der Waals surface area contributed by atoms with Crippen LogP contribution in [0.1, 0.15) is 21.5 Å². The van der Waals surface area contributed by atoms with Crippen LogP contribution in [-0.4, -0.2) is 25.0 Å². The molecule has 0 fully saturated rings. The number of anilines is 3. The van der Waals surface area contributed by atoms with Crippen molar-refractivity contribution in [2.24, 2.45) is 5.73 Å². The van der Waals surface area contributed by atoms with Crippen molar-refractivity contribution in [3.63, 3.8) is 0 Å². The molecule has 3 amide bonds. The zero-order chi connectivity index (χ0) is 22.7. The van der Waals surface area contributed by atoms with Gasteiger partial charge in [-0.3, -0.25) is 4.79 Å². The number of esters is 1. The maximum Gasteiger partial charge on any atom is 0.337 e. The van der Waals surface area contributed by atoms with Crippen LogP contribution in [0.15, 0.2) is 72.8 Å². The van der Waals surface area contributed by atoms with Crippen LogP contribution >= 0.6 is 0 Å². The molecule has 3 aromatic carbocycles. The van der Waals surface area contributed by atoms with Gasteiger partial charge >= 0.3 is 12.0 Å². The Hall–Kier alpha value is -4.59. The van der Waals surface area contributed by atoms with Crippen molar-refractivity contribution >= 4 is 46.2 Å². The molecule has 160 valence electrons. The summed E-state index contributed by atoms with van der Waals surface area (Å²) in [6.45, 7) is 0. The van der Waals surface area contributed by atoms with Crippen LogP contribution in [0, 0.1) is 0 Å². The first-order valence-corrected chi connectivity index (χ1v) is 9.73. The van der Waals surface area contributed by atoms with Crippen molar-refractivity contribution in [2.75, 3.05) is 23.1 Å². The molecule has 3 aromatic rings. The number of carbonyl (C=O) groups is 3. The topological polar surface area (TPSA) is 123 Å². The summed E-state index contributed by atoms with van der Waals surface area (Å²) in [5.41, 5.74) is 9.88. The number of hydrogen-bond donors (Lipinski definition) is 4. The van der Waals surface area contributed by atoms with Gasteiger partial charge in [0.2, 0.25) is 0 Å². The molecule has 1 aliphatic heterocycles. The van der Waals surface area contributed by atoms with Crippen molar-refractivity contribution in [1.29, 1.82) is 0 Å². The molecule has 8 heteroatoms. The molecule has 0 saturated carbocycles. The second-order valence-electron chi connectivity index (χ2n) is 7.01. The van der Waals surface area contributed by atoms with Gasteiger partial charge in [0.25, 0.3) is 5.91 Å². The highest BCUT2D eigenvalue weighted by Gasteiger charge is 2.28. The maximum atomic E-state index is 13.0. The van der Waals surface area contributed by atoms with Gasteiger partial charge in [-0.15, -0.1) is 0 Å². The molecule has 0 aromatic heterocycles. The highest BCUT2D eigenvalue weighted by Crippen LogP contribution is 2.38. The molecule has 1 aliphatic rings. The van der Waals surface area contributed by atoms with E-state index in [-0.39, 0.29) is 5.91 Å². The predicted molar refractivity (Wildman–Crippen MR) is 123 cm³/mol. The lowest BCUT2D eigenvalue weighted by Crippen LogP contribution is -2.19. The molecule has 0 unspecified atom stereocenters. The molecular weight excluding hydrogens is 408 g/mol. The van der Waals surface area contributed by atoms with E-state index in [1.807, 2.05) is 30.3 Å². The number of rotatable bonds is 5. The monoisotopic (exact) mass is 428 g/mol. The van der Waals surface area contributed by atoms with Gasteiger partial charge in [-0.1, -0.05) is 30.3 Å². The lowest BCUT2D eigenvalue weighted by Gasteiger charge is -2.15. The van der Waals surface area contributed by atoms with Crippen LogP contribution in [0.2, 0.25) is 0 Å². The van der Waals surface area contributed by atoms with Crippen LogP contribution in [0.25, 0.3) is 11.3 Å². The maximum absolute atomic E-state index is 13.0. The van der Waals surface area contributed by atoms with Crippen LogP contribution in [0.5, 0.6) is 0 Å². The van der Waals surface area contributed by atoms with Crippen molar-refractivity contribution in [3.05, 3.63) is 89.5 Å². The van der Waals surface area contributed by atoms with E-state index in [2.05, 4.69) is 16.0 Å². The van der Waals surface area contributed by atoms with Gasteiger partial charge in [0, 0.05) is 16.9 Å². The molecule has 0 atom stereocenters. The Bertz CT molecular complexity index is 1230. The van der Waals surface area contributed by atoms with Gasteiger partial charge in [0.1, 0.15) is 0 Å². The van der Waals surface area contributed by atoms with Crippen LogP contribution in [0.3, 0.4) is 0 Å². The number of urea groups is 1. The summed E-state index contributed by atoms with van der Waals surface area (Å²) in [7, 11) is 1.33. The first-order chi connectivity index (χ1) is 15.5. The quantitative estimate of drug-likeness (QED) is 0.363. The van der Waals surface area contributed by atoms with E-state index in [4.69, 9.17) is 10.5 Å². The summed E-state index contributed by atoms with van der Waals surface area (Å²) in [5.74, 6) is -0.712. The smallest absolute Gasteiger partial charge is 0.337 e. The SMILES string of the molecule is COC(=O)c1ccc(NC(=C2C(=O)Nc3cc(NC(N)=O)ccc32)c2ccccc2)cc1. The summed E-state index contributed by atoms with van der Waals surface area (Å²) in [6, 6.07) is 20.6. The molecule has 5 N–H and O–H groups in total. The fourth-order valence-electron chi connectivity index (χ4n) is 3.48. The summed E-state index contributed by atoms with van der Waals surface area (Å²) < 4.78 is 4.74. The number of amides is 3. The predicted octanol–water partition coefficient (Wildman–Crippen LogP) is 3.90. The largest absolute Gasteiger partial charge is 0.465 e. The van der Waals surface area contributed by atoms with Gasteiger partial charge in [-0.2, -0.15) is 0 Å². The van der Waals surface area contributed by atoms with Crippen molar-refractivity contribution in [2.45, 2.75) is 0 Å². The minimum Gasteiger partial charge on any atom is -0.465 e. The molecule has 4 rings (SSSR count). The molecule has 0 bridgehead atoms. The lowest BCUT2D eigenvalue weighted by atomic mass is 9.99.